The Balaban J connectivity index is 1.50. The van der Waals surface area contributed by atoms with Gasteiger partial charge in [-0.25, -0.2) is 10.4 Å². The number of benzene rings is 3. The number of aromatic nitrogens is 2. The van der Waals surface area contributed by atoms with E-state index in [1.54, 1.807) is 32.6 Å². The van der Waals surface area contributed by atoms with Crippen LogP contribution in [0.5, 0.6) is 11.5 Å². The molecule has 1 aromatic heterocycles. The van der Waals surface area contributed by atoms with E-state index in [2.05, 4.69) is 22.7 Å². The summed E-state index contributed by atoms with van der Waals surface area (Å²) >= 11 is 0. The van der Waals surface area contributed by atoms with Crippen molar-refractivity contribution in [3.05, 3.63) is 89.7 Å². The number of methoxy groups -OCH3 is 2. The van der Waals surface area contributed by atoms with E-state index < -0.39 is 0 Å². The molecule has 0 aliphatic carbocycles. The van der Waals surface area contributed by atoms with Crippen LogP contribution in [0, 0.1) is 0 Å². The topological polar surface area (TPSA) is 77.7 Å². The number of nitrogens with zero attached hydrogens (tertiary/aromatic N) is 3. The van der Waals surface area contributed by atoms with Crippen molar-refractivity contribution in [2.45, 2.75) is 13.0 Å². The van der Waals surface area contributed by atoms with E-state index >= 15 is 0 Å². The minimum Gasteiger partial charge on any atom is -0.493 e. The van der Waals surface area contributed by atoms with Gasteiger partial charge in [0.25, 0.3) is 5.91 Å². The first-order chi connectivity index (χ1) is 15.7. The van der Waals surface area contributed by atoms with Crippen LogP contribution in [0.4, 0.5) is 0 Å². The van der Waals surface area contributed by atoms with Crippen LogP contribution >= 0.6 is 0 Å². The molecule has 32 heavy (non-hydrogen) atoms. The molecule has 4 aromatic rings. The third kappa shape index (κ3) is 4.78. The molecule has 7 heteroatoms. The standard InChI is InChI=1S/C25H24N4O3/c1-31-22-13-12-19(14-23(22)32-2)16-26-28-25(30)17-29-21-11-7-6-10-20(21)27-24(29)15-18-8-4-3-5-9-18/h3-14,16H,15,17H2,1-2H3,(H,28,30)/b26-16+. The number of carbonyl (C=O) groups excluding carboxylic acids is 1. The van der Waals surface area contributed by atoms with Crippen molar-refractivity contribution in [2.75, 3.05) is 14.2 Å². The van der Waals surface area contributed by atoms with Crippen molar-refractivity contribution in [3.63, 3.8) is 0 Å². The van der Waals surface area contributed by atoms with Crippen LogP contribution < -0.4 is 14.9 Å². The fourth-order valence-corrected chi connectivity index (χ4v) is 3.51. The molecule has 0 aliphatic heterocycles. The summed E-state index contributed by atoms with van der Waals surface area (Å²) in [5.41, 5.74) is 6.29. The summed E-state index contributed by atoms with van der Waals surface area (Å²) < 4.78 is 12.5. The monoisotopic (exact) mass is 428 g/mol. The van der Waals surface area contributed by atoms with E-state index in [-0.39, 0.29) is 12.5 Å². The van der Waals surface area contributed by atoms with E-state index in [0.717, 1.165) is 28.0 Å². The zero-order chi connectivity index (χ0) is 22.3. The van der Waals surface area contributed by atoms with E-state index in [1.807, 2.05) is 53.1 Å². The molecule has 0 spiro atoms. The summed E-state index contributed by atoms with van der Waals surface area (Å²) in [4.78, 5) is 17.4. The number of hydrogen-bond donors (Lipinski definition) is 1. The Kier molecular flexibility index (Phi) is 6.46. The Morgan fingerprint density at radius 1 is 1.00 bits per heavy atom. The van der Waals surface area contributed by atoms with Gasteiger partial charge in [0.15, 0.2) is 11.5 Å². The van der Waals surface area contributed by atoms with Crippen LogP contribution in [-0.4, -0.2) is 35.9 Å². The Hall–Kier alpha value is -4.13. The molecule has 7 nitrogen and oxygen atoms in total. The number of imidazole rings is 1. The van der Waals surface area contributed by atoms with Gasteiger partial charge in [-0.1, -0.05) is 42.5 Å². The Morgan fingerprint density at radius 2 is 1.75 bits per heavy atom. The molecule has 0 fully saturated rings. The number of fused-ring (bicyclic) bond motifs is 1. The third-order valence-corrected chi connectivity index (χ3v) is 5.05. The Morgan fingerprint density at radius 3 is 2.53 bits per heavy atom. The largest absolute Gasteiger partial charge is 0.493 e. The molecule has 0 atom stereocenters. The SMILES string of the molecule is COc1ccc(/C=N/NC(=O)Cn2c(Cc3ccccc3)nc3ccccc32)cc1OC. The predicted molar refractivity (Wildman–Crippen MR) is 124 cm³/mol. The van der Waals surface area contributed by atoms with Crippen LogP contribution in [0.2, 0.25) is 0 Å². The second kappa shape index (κ2) is 9.78. The van der Waals surface area contributed by atoms with Crippen LogP contribution in [0.15, 0.2) is 77.9 Å². The molecule has 0 saturated heterocycles. The maximum Gasteiger partial charge on any atom is 0.260 e. The maximum atomic E-state index is 12.7. The second-order valence-corrected chi connectivity index (χ2v) is 7.17. The predicted octanol–water partition coefficient (Wildman–Crippen LogP) is 3.79. The van der Waals surface area contributed by atoms with Gasteiger partial charge >= 0.3 is 0 Å². The number of para-hydroxylation sites is 2. The number of hydrazone groups is 1. The molecule has 4 rings (SSSR count). The zero-order valence-corrected chi connectivity index (χ0v) is 18.0. The maximum absolute atomic E-state index is 12.7. The average Bonchev–Trinajstić information content (AvgIpc) is 3.16. The van der Waals surface area contributed by atoms with E-state index in [4.69, 9.17) is 14.5 Å². The highest BCUT2D eigenvalue weighted by molar-refractivity contribution is 5.84. The molecule has 0 unspecified atom stereocenters. The Bertz CT molecular complexity index is 1250. The fourth-order valence-electron chi connectivity index (χ4n) is 3.51. The lowest BCUT2D eigenvalue weighted by atomic mass is 10.1. The van der Waals surface area contributed by atoms with Gasteiger partial charge in [-0.05, 0) is 41.5 Å². The highest BCUT2D eigenvalue weighted by Crippen LogP contribution is 2.26. The molecule has 162 valence electrons. The molecular weight excluding hydrogens is 404 g/mol. The third-order valence-electron chi connectivity index (χ3n) is 5.05. The highest BCUT2D eigenvalue weighted by Gasteiger charge is 2.14. The van der Waals surface area contributed by atoms with Gasteiger partial charge < -0.3 is 14.0 Å². The summed E-state index contributed by atoms with van der Waals surface area (Å²) in [7, 11) is 3.15. The minimum absolute atomic E-state index is 0.117. The quantitative estimate of drug-likeness (QED) is 0.342. The van der Waals surface area contributed by atoms with Crippen molar-refractivity contribution >= 4 is 23.2 Å². The highest BCUT2D eigenvalue weighted by atomic mass is 16.5. The number of carbonyl (C=O) groups is 1. The molecule has 3 aromatic carbocycles. The zero-order valence-electron chi connectivity index (χ0n) is 18.0. The molecule has 1 N–H and O–H groups in total. The summed E-state index contributed by atoms with van der Waals surface area (Å²) in [5.74, 6) is 1.82. The number of rotatable bonds is 8. The van der Waals surface area contributed by atoms with Crippen molar-refractivity contribution in [1.82, 2.24) is 15.0 Å². The molecule has 0 saturated carbocycles. The summed E-state index contributed by atoms with van der Waals surface area (Å²) in [5, 5.41) is 4.09. The minimum atomic E-state index is -0.237. The number of hydrogen-bond acceptors (Lipinski definition) is 5. The first-order valence-electron chi connectivity index (χ1n) is 10.2. The lowest BCUT2D eigenvalue weighted by Gasteiger charge is -2.09. The molecule has 0 radical (unpaired) electrons. The second-order valence-electron chi connectivity index (χ2n) is 7.17. The average molecular weight is 428 g/mol. The van der Waals surface area contributed by atoms with Crippen molar-refractivity contribution in [2.24, 2.45) is 5.10 Å². The lowest BCUT2D eigenvalue weighted by Crippen LogP contribution is -2.24. The summed E-state index contributed by atoms with van der Waals surface area (Å²) in [6.07, 6.45) is 2.20. The van der Waals surface area contributed by atoms with Crippen molar-refractivity contribution < 1.29 is 14.3 Å². The number of ether oxygens (including phenoxy) is 2. The van der Waals surface area contributed by atoms with Gasteiger partial charge in [0.05, 0.1) is 31.5 Å². The van der Waals surface area contributed by atoms with Gasteiger partial charge in [0.1, 0.15) is 12.4 Å². The van der Waals surface area contributed by atoms with Crippen molar-refractivity contribution in [1.29, 1.82) is 0 Å². The molecule has 1 amide bonds. The molecule has 1 heterocycles. The molecule has 0 aliphatic rings. The van der Waals surface area contributed by atoms with Crippen LogP contribution in [0.1, 0.15) is 17.0 Å². The molecular formula is C25H24N4O3. The van der Waals surface area contributed by atoms with Crippen LogP contribution in [0.3, 0.4) is 0 Å². The summed E-state index contributed by atoms with van der Waals surface area (Å²) in [6, 6.07) is 23.3. The van der Waals surface area contributed by atoms with E-state index in [0.29, 0.717) is 17.9 Å². The number of nitrogens with one attached hydrogen (secondary N) is 1. The van der Waals surface area contributed by atoms with Gasteiger partial charge in [0.2, 0.25) is 0 Å². The smallest absolute Gasteiger partial charge is 0.260 e. The lowest BCUT2D eigenvalue weighted by molar-refractivity contribution is -0.121. The van der Waals surface area contributed by atoms with E-state index in [9.17, 15) is 4.79 Å². The first-order valence-corrected chi connectivity index (χ1v) is 10.2. The van der Waals surface area contributed by atoms with Gasteiger partial charge in [-0.2, -0.15) is 5.10 Å². The normalized spacial score (nSPS) is 11.1. The summed E-state index contributed by atoms with van der Waals surface area (Å²) in [6.45, 7) is 0.117. The fraction of sp³-hybridized carbons (Fsp3) is 0.160. The van der Waals surface area contributed by atoms with Crippen LogP contribution in [-0.2, 0) is 17.8 Å². The van der Waals surface area contributed by atoms with Crippen molar-refractivity contribution in [3.8, 4) is 11.5 Å². The van der Waals surface area contributed by atoms with Crippen LogP contribution in [0.25, 0.3) is 11.0 Å². The number of amides is 1. The van der Waals surface area contributed by atoms with Gasteiger partial charge in [0, 0.05) is 6.42 Å². The van der Waals surface area contributed by atoms with Gasteiger partial charge in [-0.3, -0.25) is 4.79 Å². The first kappa shape index (κ1) is 21.1. The Labute approximate surface area is 186 Å². The van der Waals surface area contributed by atoms with Gasteiger partial charge in [-0.15, -0.1) is 0 Å². The van der Waals surface area contributed by atoms with E-state index in [1.165, 1.54) is 0 Å². The molecule has 0 bridgehead atoms.